The van der Waals surface area contributed by atoms with Gasteiger partial charge < -0.3 is 9.74 Å². The summed E-state index contributed by atoms with van der Waals surface area (Å²) in [6.07, 6.45) is 1.88. The van der Waals surface area contributed by atoms with E-state index in [1.807, 2.05) is 0 Å². The van der Waals surface area contributed by atoms with Crippen LogP contribution in [0.25, 0.3) is 21.6 Å². The lowest BCUT2D eigenvalue weighted by atomic mass is 10.0. The number of rotatable bonds is 2. The number of halogens is 1. The van der Waals surface area contributed by atoms with Crippen molar-refractivity contribution in [1.29, 1.82) is 0 Å². The van der Waals surface area contributed by atoms with Crippen molar-refractivity contribution in [3.63, 3.8) is 0 Å². The summed E-state index contributed by atoms with van der Waals surface area (Å²) in [5, 5.41) is 1.25. The van der Waals surface area contributed by atoms with Gasteiger partial charge in [0.25, 0.3) is 0 Å². The van der Waals surface area contributed by atoms with Crippen LogP contribution in [0.3, 0.4) is 0 Å². The maximum atomic E-state index is 7.34. The van der Waals surface area contributed by atoms with Crippen LogP contribution in [0.15, 0.2) is 22.7 Å². The van der Waals surface area contributed by atoms with Gasteiger partial charge in [0.2, 0.25) is 6.04 Å². The minimum Gasteiger partial charge on any atom is -0.370 e. The molecule has 150 valence electrons. The van der Waals surface area contributed by atoms with Crippen LogP contribution in [0.5, 0.6) is 0 Å². The molecule has 0 atom stereocenters. The lowest BCUT2D eigenvalue weighted by Crippen LogP contribution is -2.35. The topological polar surface area (TPSA) is 25.4 Å². The molecule has 0 amide bonds. The fraction of sp³-hybridized carbons (Fsp3) is 0.417. The van der Waals surface area contributed by atoms with Gasteiger partial charge in [0.15, 0.2) is 0 Å². The number of benzene rings is 1. The standard InChI is InChI=1S/C24H27BrN4/c1-14-11-19(25)12-15(2)23(14)29-18(5)17(4)22-21(13-16(3)27-24(22)29)28-9-7-20(26-6)8-10-28/h11-13,20H,7-10H2,1-5H3. The molecule has 0 N–H and O–H groups in total. The van der Waals surface area contributed by atoms with Gasteiger partial charge >= 0.3 is 0 Å². The lowest BCUT2D eigenvalue weighted by molar-refractivity contribution is 0.549. The Morgan fingerprint density at radius 1 is 1.03 bits per heavy atom. The molecule has 2 aromatic heterocycles. The number of hydrogen-bond donors (Lipinski definition) is 0. The van der Waals surface area contributed by atoms with Crippen LogP contribution >= 0.6 is 15.9 Å². The molecule has 0 aliphatic carbocycles. The number of nitrogens with zero attached hydrogens (tertiary/aromatic N) is 4. The van der Waals surface area contributed by atoms with Gasteiger partial charge in [-0.15, -0.1) is 0 Å². The largest absolute Gasteiger partial charge is 0.370 e. The number of hydrogen-bond acceptors (Lipinski definition) is 2. The molecular formula is C24H27BrN4. The summed E-state index contributed by atoms with van der Waals surface area (Å²) in [4.78, 5) is 11.2. The van der Waals surface area contributed by atoms with E-state index in [0.29, 0.717) is 0 Å². The summed E-state index contributed by atoms with van der Waals surface area (Å²) in [6.45, 7) is 20.0. The Hall–Kier alpha value is -2.32. The summed E-state index contributed by atoms with van der Waals surface area (Å²) >= 11 is 3.63. The van der Waals surface area contributed by atoms with Crippen molar-refractivity contribution >= 4 is 32.7 Å². The first-order valence-electron chi connectivity index (χ1n) is 10.2. The molecule has 0 radical (unpaired) electrons. The van der Waals surface area contributed by atoms with Gasteiger partial charge in [0.05, 0.1) is 5.69 Å². The van der Waals surface area contributed by atoms with Crippen LogP contribution in [0.2, 0.25) is 0 Å². The highest BCUT2D eigenvalue weighted by Gasteiger charge is 2.27. The normalized spacial score (nSPS) is 15.1. The van der Waals surface area contributed by atoms with E-state index in [4.69, 9.17) is 11.6 Å². The molecule has 29 heavy (non-hydrogen) atoms. The second-order valence-corrected chi connectivity index (χ2v) is 9.18. The Morgan fingerprint density at radius 3 is 2.24 bits per heavy atom. The highest BCUT2D eigenvalue weighted by Crippen LogP contribution is 2.38. The van der Waals surface area contributed by atoms with Crippen molar-refractivity contribution in [2.75, 3.05) is 18.0 Å². The van der Waals surface area contributed by atoms with Gasteiger partial charge in [-0.3, -0.25) is 4.57 Å². The fourth-order valence-corrected chi connectivity index (χ4v) is 5.37. The van der Waals surface area contributed by atoms with E-state index in [1.165, 1.54) is 39.1 Å². The molecule has 0 unspecified atom stereocenters. The summed E-state index contributed by atoms with van der Waals surface area (Å²) in [5.41, 5.74) is 9.56. The van der Waals surface area contributed by atoms with Gasteiger partial charge in [-0.25, -0.2) is 11.6 Å². The molecule has 1 aliphatic heterocycles. The molecule has 4 nitrogen and oxygen atoms in total. The molecule has 1 aromatic carbocycles. The van der Waals surface area contributed by atoms with Crippen molar-refractivity contribution in [2.45, 2.75) is 53.5 Å². The maximum Gasteiger partial charge on any atom is 0.227 e. The van der Waals surface area contributed by atoms with E-state index in [-0.39, 0.29) is 6.04 Å². The van der Waals surface area contributed by atoms with Crippen LogP contribution in [0, 0.1) is 41.2 Å². The van der Waals surface area contributed by atoms with Crippen LogP contribution in [0.1, 0.15) is 40.9 Å². The Morgan fingerprint density at radius 2 is 1.66 bits per heavy atom. The third-order valence-electron chi connectivity index (χ3n) is 6.24. The van der Waals surface area contributed by atoms with E-state index < -0.39 is 0 Å². The second-order valence-electron chi connectivity index (χ2n) is 8.26. The van der Waals surface area contributed by atoms with Crippen molar-refractivity contribution in [1.82, 2.24) is 9.55 Å². The first-order chi connectivity index (χ1) is 13.8. The number of pyridine rings is 1. The van der Waals surface area contributed by atoms with E-state index in [9.17, 15) is 0 Å². The van der Waals surface area contributed by atoms with E-state index >= 15 is 0 Å². The zero-order valence-electron chi connectivity index (χ0n) is 17.8. The predicted octanol–water partition coefficient (Wildman–Crippen LogP) is 6.22. The first-order valence-corrected chi connectivity index (χ1v) is 11.0. The molecule has 1 saturated heterocycles. The second kappa shape index (κ2) is 7.50. The predicted molar refractivity (Wildman–Crippen MR) is 124 cm³/mol. The minimum atomic E-state index is 0.171. The zero-order chi connectivity index (χ0) is 20.9. The Bertz CT molecular complexity index is 1120. The Labute approximate surface area is 181 Å². The number of aromatic nitrogens is 2. The molecule has 0 saturated carbocycles. The molecule has 0 bridgehead atoms. The highest BCUT2D eigenvalue weighted by molar-refractivity contribution is 9.10. The monoisotopic (exact) mass is 450 g/mol. The summed E-state index contributed by atoms with van der Waals surface area (Å²) in [6, 6.07) is 6.74. The number of anilines is 1. The molecule has 4 rings (SSSR count). The molecule has 3 heterocycles. The number of aryl methyl sites for hydroxylation is 4. The number of piperidine rings is 1. The third-order valence-corrected chi connectivity index (χ3v) is 6.70. The summed E-state index contributed by atoms with van der Waals surface area (Å²) in [5.74, 6) is 0. The van der Waals surface area contributed by atoms with Gasteiger partial charge in [0, 0.05) is 52.9 Å². The van der Waals surface area contributed by atoms with E-state index in [1.54, 1.807) is 0 Å². The van der Waals surface area contributed by atoms with Crippen LogP contribution in [-0.4, -0.2) is 28.7 Å². The zero-order valence-corrected chi connectivity index (χ0v) is 19.4. The minimum absolute atomic E-state index is 0.171. The van der Waals surface area contributed by atoms with Crippen molar-refractivity contribution < 1.29 is 0 Å². The van der Waals surface area contributed by atoms with Crippen LogP contribution in [-0.2, 0) is 0 Å². The molecule has 5 heteroatoms. The van der Waals surface area contributed by atoms with Crippen molar-refractivity contribution in [3.05, 3.63) is 62.2 Å². The third kappa shape index (κ3) is 3.34. The Kier molecular flexibility index (Phi) is 5.16. The summed E-state index contributed by atoms with van der Waals surface area (Å²) in [7, 11) is 0. The van der Waals surface area contributed by atoms with Crippen LogP contribution in [0.4, 0.5) is 5.69 Å². The van der Waals surface area contributed by atoms with Crippen molar-refractivity contribution in [2.24, 2.45) is 0 Å². The SMILES string of the molecule is [C-]#[N+]C1CCN(c2cc(C)nc3c2c(C)c(C)n3-c2c(C)cc(Br)cc2C)CC1. The summed E-state index contributed by atoms with van der Waals surface area (Å²) < 4.78 is 3.44. The average Bonchev–Trinajstić information content (AvgIpc) is 2.92. The molecular weight excluding hydrogens is 424 g/mol. The quantitative estimate of drug-likeness (QED) is 0.433. The van der Waals surface area contributed by atoms with Crippen LogP contribution < -0.4 is 4.90 Å². The van der Waals surface area contributed by atoms with Gasteiger partial charge in [-0.2, -0.15) is 0 Å². The lowest BCUT2D eigenvalue weighted by Gasteiger charge is -2.30. The van der Waals surface area contributed by atoms with Gasteiger partial charge in [-0.1, -0.05) is 15.9 Å². The molecule has 1 fully saturated rings. The first kappa shape index (κ1) is 20.0. The molecule has 0 spiro atoms. The average molecular weight is 451 g/mol. The fourth-order valence-electron chi connectivity index (χ4n) is 4.68. The molecule has 3 aromatic rings. The number of fused-ring (bicyclic) bond motifs is 1. The van der Waals surface area contributed by atoms with Gasteiger partial charge in [-0.05, 0) is 69.5 Å². The smallest absolute Gasteiger partial charge is 0.227 e. The van der Waals surface area contributed by atoms with Crippen molar-refractivity contribution in [3.8, 4) is 5.69 Å². The van der Waals surface area contributed by atoms with E-state index in [2.05, 4.69) is 83.1 Å². The maximum absolute atomic E-state index is 7.34. The highest BCUT2D eigenvalue weighted by atomic mass is 79.9. The van der Waals surface area contributed by atoms with Gasteiger partial charge in [0.1, 0.15) is 5.65 Å². The van der Waals surface area contributed by atoms with E-state index in [0.717, 1.165) is 41.7 Å². The molecule has 1 aliphatic rings. The Balaban J connectivity index is 1.95.